The van der Waals surface area contributed by atoms with Crippen molar-refractivity contribution in [2.45, 2.75) is 91.0 Å². The van der Waals surface area contributed by atoms with Crippen LogP contribution in [0.25, 0.3) is 0 Å². The van der Waals surface area contributed by atoms with Crippen LogP contribution in [-0.2, 0) is 14.4 Å². The summed E-state index contributed by atoms with van der Waals surface area (Å²) in [4.78, 5) is 30.8. The van der Waals surface area contributed by atoms with Crippen molar-refractivity contribution in [3.63, 3.8) is 0 Å². The third kappa shape index (κ3) is 6.80. The number of hydrogen-bond donors (Lipinski definition) is 1. The molecule has 0 aromatic heterocycles. The SMILES string of the molecule is CCCCC(=O)N(CC)[C@@H](C[C@@H](C)CC1CCCCC1)C(=O)ON. The van der Waals surface area contributed by atoms with Crippen LogP contribution >= 0.6 is 0 Å². The number of carbonyl (C=O) groups is 2. The lowest BCUT2D eigenvalue weighted by Gasteiger charge is -2.32. The molecule has 140 valence electrons. The van der Waals surface area contributed by atoms with Gasteiger partial charge in [0, 0.05) is 13.0 Å². The fourth-order valence-electron chi connectivity index (χ4n) is 3.94. The lowest BCUT2D eigenvalue weighted by atomic mass is 9.81. The second-order valence-electron chi connectivity index (χ2n) is 7.32. The first-order valence-electron chi connectivity index (χ1n) is 9.73. The monoisotopic (exact) mass is 340 g/mol. The number of nitrogens with two attached hydrogens (primary N) is 1. The highest BCUT2D eigenvalue weighted by atomic mass is 16.7. The second-order valence-corrected chi connectivity index (χ2v) is 7.32. The third-order valence-electron chi connectivity index (χ3n) is 5.26. The summed E-state index contributed by atoms with van der Waals surface area (Å²) in [6.07, 6.45) is 10.6. The zero-order valence-electron chi connectivity index (χ0n) is 15.8. The molecule has 5 heteroatoms. The molecule has 0 heterocycles. The Morgan fingerprint density at radius 2 is 1.88 bits per heavy atom. The molecule has 1 fully saturated rings. The molecule has 24 heavy (non-hydrogen) atoms. The summed E-state index contributed by atoms with van der Waals surface area (Å²) in [5.41, 5.74) is 0. The minimum atomic E-state index is -0.553. The summed E-state index contributed by atoms with van der Waals surface area (Å²) < 4.78 is 0. The molecule has 1 amide bonds. The zero-order valence-corrected chi connectivity index (χ0v) is 15.8. The Labute approximate surface area is 147 Å². The Morgan fingerprint density at radius 3 is 2.42 bits per heavy atom. The number of amides is 1. The van der Waals surface area contributed by atoms with E-state index in [0.29, 0.717) is 25.3 Å². The van der Waals surface area contributed by atoms with Gasteiger partial charge < -0.3 is 9.74 Å². The van der Waals surface area contributed by atoms with E-state index in [4.69, 9.17) is 5.90 Å². The van der Waals surface area contributed by atoms with Gasteiger partial charge in [0.15, 0.2) is 0 Å². The number of carbonyl (C=O) groups excluding carboxylic acids is 2. The summed E-state index contributed by atoms with van der Waals surface area (Å²) in [5, 5.41) is 0. The summed E-state index contributed by atoms with van der Waals surface area (Å²) >= 11 is 0. The van der Waals surface area contributed by atoms with E-state index in [1.165, 1.54) is 32.1 Å². The topological polar surface area (TPSA) is 72.6 Å². The molecule has 0 spiro atoms. The molecule has 1 aliphatic rings. The van der Waals surface area contributed by atoms with Crippen LogP contribution in [0.4, 0.5) is 0 Å². The molecule has 0 aromatic carbocycles. The van der Waals surface area contributed by atoms with E-state index in [9.17, 15) is 9.59 Å². The highest BCUT2D eigenvalue weighted by Gasteiger charge is 2.31. The minimum Gasteiger partial charge on any atom is -0.372 e. The third-order valence-corrected chi connectivity index (χ3v) is 5.26. The molecule has 0 unspecified atom stereocenters. The molecule has 2 N–H and O–H groups in total. The van der Waals surface area contributed by atoms with E-state index >= 15 is 0 Å². The maximum Gasteiger partial charge on any atom is 0.347 e. The Bertz CT molecular complexity index is 381. The Hall–Kier alpha value is -1.10. The first kappa shape index (κ1) is 20.9. The molecule has 0 radical (unpaired) electrons. The maximum atomic E-state index is 12.4. The van der Waals surface area contributed by atoms with E-state index in [1.54, 1.807) is 4.90 Å². The van der Waals surface area contributed by atoms with Crippen LogP contribution in [0.5, 0.6) is 0 Å². The van der Waals surface area contributed by atoms with E-state index < -0.39 is 12.0 Å². The van der Waals surface area contributed by atoms with Crippen LogP contribution in [0.3, 0.4) is 0 Å². The Balaban J connectivity index is 2.67. The van der Waals surface area contributed by atoms with Crippen molar-refractivity contribution in [1.29, 1.82) is 0 Å². The molecule has 1 aliphatic carbocycles. The summed E-state index contributed by atoms with van der Waals surface area (Å²) in [6, 6.07) is -0.553. The van der Waals surface area contributed by atoms with Crippen molar-refractivity contribution in [3.8, 4) is 0 Å². The average molecular weight is 341 g/mol. The maximum absolute atomic E-state index is 12.4. The van der Waals surface area contributed by atoms with Crippen molar-refractivity contribution in [3.05, 3.63) is 0 Å². The standard InChI is InChI=1S/C19H36N2O3/c1-4-6-12-18(22)21(5-2)17(19(23)24-20)14-15(3)13-16-10-8-7-9-11-16/h15-17H,4-14,20H2,1-3H3/t15-,17-/m0/s1. The van der Waals surface area contributed by atoms with Gasteiger partial charge in [0.05, 0.1) is 0 Å². The number of nitrogens with zero attached hydrogens (tertiary/aromatic N) is 1. The van der Waals surface area contributed by atoms with Crippen LogP contribution < -0.4 is 5.90 Å². The van der Waals surface area contributed by atoms with Gasteiger partial charge in [0.2, 0.25) is 5.91 Å². The van der Waals surface area contributed by atoms with Crippen molar-refractivity contribution in [1.82, 2.24) is 4.90 Å². The van der Waals surface area contributed by atoms with Crippen LogP contribution in [0.1, 0.15) is 85.0 Å². The molecule has 5 nitrogen and oxygen atoms in total. The number of likely N-dealkylation sites (N-methyl/N-ethyl adjacent to an activating group) is 1. The van der Waals surface area contributed by atoms with Gasteiger partial charge in [0.1, 0.15) is 6.04 Å². The molecule has 0 aromatic rings. The first-order valence-corrected chi connectivity index (χ1v) is 9.73. The molecular formula is C19H36N2O3. The van der Waals surface area contributed by atoms with Crippen molar-refractivity contribution in [2.75, 3.05) is 6.54 Å². The van der Waals surface area contributed by atoms with Gasteiger partial charge in [-0.3, -0.25) is 4.79 Å². The first-order chi connectivity index (χ1) is 11.5. The van der Waals surface area contributed by atoms with Gasteiger partial charge in [-0.25, -0.2) is 4.79 Å². The Morgan fingerprint density at radius 1 is 1.21 bits per heavy atom. The van der Waals surface area contributed by atoms with Gasteiger partial charge in [-0.2, -0.15) is 5.90 Å². The fourth-order valence-corrected chi connectivity index (χ4v) is 3.94. The molecular weight excluding hydrogens is 304 g/mol. The largest absolute Gasteiger partial charge is 0.372 e. The summed E-state index contributed by atoms with van der Waals surface area (Å²) in [5.74, 6) is 5.82. The van der Waals surface area contributed by atoms with Gasteiger partial charge in [-0.05, 0) is 38.0 Å². The molecule has 1 saturated carbocycles. The summed E-state index contributed by atoms with van der Waals surface area (Å²) in [7, 11) is 0. The highest BCUT2D eigenvalue weighted by Crippen LogP contribution is 2.31. The van der Waals surface area contributed by atoms with Crippen LogP contribution in [-0.4, -0.2) is 29.4 Å². The van der Waals surface area contributed by atoms with E-state index in [-0.39, 0.29) is 5.91 Å². The predicted molar refractivity (Wildman–Crippen MR) is 96.0 cm³/mol. The van der Waals surface area contributed by atoms with Crippen LogP contribution in [0.15, 0.2) is 0 Å². The highest BCUT2D eigenvalue weighted by molar-refractivity contribution is 5.84. The number of rotatable bonds is 10. The summed E-state index contributed by atoms with van der Waals surface area (Å²) in [6.45, 7) is 6.65. The van der Waals surface area contributed by atoms with Crippen molar-refractivity contribution >= 4 is 11.9 Å². The van der Waals surface area contributed by atoms with Gasteiger partial charge in [-0.1, -0.05) is 52.4 Å². The van der Waals surface area contributed by atoms with Crippen molar-refractivity contribution < 1.29 is 14.4 Å². The normalized spacial score (nSPS) is 18.0. The molecule has 0 aliphatic heterocycles. The van der Waals surface area contributed by atoms with E-state index in [1.807, 2.05) is 6.92 Å². The van der Waals surface area contributed by atoms with Crippen molar-refractivity contribution in [2.24, 2.45) is 17.7 Å². The molecule has 2 atom stereocenters. The minimum absolute atomic E-state index is 0.0274. The lowest BCUT2D eigenvalue weighted by Crippen LogP contribution is -2.47. The van der Waals surface area contributed by atoms with E-state index in [0.717, 1.165) is 25.2 Å². The zero-order chi connectivity index (χ0) is 17.9. The Kier molecular flexibility index (Phi) is 9.99. The lowest BCUT2D eigenvalue weighted by molar-refractivity contribution is -0.156. The predicted octanol–water partition coefficient (Wildman–Crippen LogP) is 3.81. The molecule has 0 saturated heterocycles. The van der Waals surface area contributed by atoms with Crippen LogP contribution in [0.2, 0.25) is 0 Å². The number of hydrogen-bond acceptors (Lipinski definition) is 4. The average Bonchev–Trinajstić information content (AvgIpc) is 2.59. The molecule has 0 bridgehead atoms. The van der Waals surface area contributed by atoms with Gasteiger partial charge >= 0.3 is 5.97 Å². The smallest absolute Gasteiger partial charge is 0.347 e. The molecule has 1 rings (SSSR count). The quantitative estimate of drug-likeness (QED) is 0.614. The van der Waals surface area contributed by atoms with Gasteiger partial charge in [0.25, 0.3) is 0 Å². The number of unbranched alkanes of at least 4 members (excludes halogenated alkanes) is 1. The van der Waals surface area contributed by atoms with E-state index in [2.05, 4.69) is 18.7 Å². The fraction of sp³-hybridized carbons (Fsp3) is 0.895. The van der Waals surface area contributed by atoms with Crippen LogP contribution in [0, 0.1) is 11.8 Å². The van der Waals surface area contributed by atoms with Gasteiger partial charge in [-0.15, -0.1) is 0 Å². The second kappa shape index (κ2) is 11.5.